The third-order valence-electron chi connectivity index (χ3n) is 7.02. The summed E-state index contributed by atoms with van der Waals surface area (Å²) >= 11 is 6.69. The third kappa shape index (κ3) is 4.24. The molecule has 2 fully saturated rings. The number of nitrogens with zero attached hydrogens (tertiary/aromatic N) is 5. The lowest BCUT2D eigenvalue weighted by atomic mass is 9.78. The number of pyridine rings is 1. The highest BCUT2D eigenvalue weighted by Crippen LogP contribution is 2.41. The molecule has 2 aromatic heterocycles. The third-order valence-corrected chi connectivity index (χ3v) is 7.31. The van der Waals surface area contributed by atoms with Crippen LogP contribution in [0.4, 0.5) is 15.8 Å². The zero-order valence-electron chi connectivity index (χ0n) is 20.7. The van der Waals surface area contributed by atoms with Crippen molar-refractivity contribution < 1.29 is 5.76 Å². The number of hydrogen-bond donors (Lipinski definition) is 2. The Morgan fingerprint density at radius 2 is 2.06 bits per heavy atom. The van der Waals surface area contributed by atoms with E-state index in [1.54, 1.807) is 29.1 Å². The second-order valence-electron chi connectivity index (χ2n) is 9.87. The minimum Gasteiger partial charge on any atom is -0.378 e. The summed E-state index contributed by atoms with van der Waals surface area (Å²) in [6.07, 6.45) is 8.50. The monoisotopic (exact) mass is 502 g/mol. The average molecular weight is 503 g/mol. The summed E-state index contributed by atoms with van der Waals surface area (Å²) in [5.41, 5.74) is 2.98. The van der Waals surface area contributed by atoms with Crippen LogP contribution in [0.5, 0.6) is 0 Å². The van der Waals surface area contributed by atoms with Gasteiger partial charge in [0, 0.05) is 22.8 Å². The van der Waals surface area contributed by atoms with E-state index in [0.29, 0.717) is 50.2 Å². The molecular formula is C27H25ClFN7. The van der Waals surface area contributed by atoms with Gasteiger partial charge in [-0.25, -0.2) is 9.07 Å². The van der Waals surface area contributed by atoms with Crippen molar-refractivity contribution in [3.63, 3.8) is 0 Å². The van der Waals surface area contributed by atoms with Crippen LogP contribution in [0, 0.1) is 17.1 Å². The van der Waals surface area contributed by atoms with E-state index in [1.165, 1.54) is 18.3 Å². The summed E-state index contributed by atoms with van der Waals surface area (Å²) < 4.78 is 25.0. The maximum absolute atomic E-state index is 13.8. The van der Waals surface area contributed by atoms with Gasteiger partial charge < -0.3 is 10.6 Å². The molecule has 0 bridgehead atoms. The van der Waals surface area contributed by atoms with Gasteiger partial charge in [-0.15, -0.1) is 5.10 Å². The summed E-state index contributed by atoms with van der Waals surface area (Å²) in [4.78, 5) is 4.44. The first-order chi connectivity index (χ1) is 17.8. The molecule has 7 nitrogen and oxygen atoms in total. The van der Waals surface area contributed by atoms with Crippen LogP contribution in [0.3, 0.4) is 0 Å². The number of rotatable bonds is 7. The van der Waals surface area contributed by atoms with E-state index in [1.807, 2.05) is 6.07 Å². The van der Waals surface area contributed by atoms with Gasteiger partial charge in [0.2, 0.25) is 0 Å². The quantitative estimate of drug-likeness (QED) is 0.304. The predicted octanol–water partition coefficient (Wildman–Crippen LogP) is 6.38. The molecule has 2 aliphatic carbocycles. The molecule has 36 heavy (non-hydrogen) atoms. The summed E-state index contributed by atoms with van der Waals surface area (Å²) in [7, 11) is 0. The number of fused-ring (bicyclic) bond motifs is 1. The van der Waals surface area contributed by atoms with Crippen LogP contribution in [0.25, 0.3) is 10.9 Å². The fourth-order valence-electron chi connectivity index (χ4n) is 4.64. The van der Waals surface area contributed by atoms with E-state index >= 15 is 0 Å². The highest BCUT2D eigenvalue weighted by Gasteiger charge is 2.33. The lowest BCUT2D eigenvalue weighted by Gasteiger charge is -2.40. The SMILES string of the molecule is [2H]C(Nc1cc(Cl)c2ncc(C#N)c(NC3(C)CCC3)c2c1)(c1ccc(F)cc1)c1cn(C2CC2)nn1. The number of nitriles is 1. The van der Waals surface area contributed by atoms with Crippen molar-refractivity contribution in [2.75, 3.05) is 10.6 Å². The molecule has 0 amide bonds. The second-order valence-corrected chi connectivity index (χ2v) is 10.3. The maximum atomic E-state index is 13.8. The van der Waals surface area contributed by atoms with Gasteiger partial charge in [0.15, 0.2) is 0 Å². The Morgan fingerprint density at radius 3 is 2.72 bits per heavy atom. The molecular weight excluding hydrogens is 477 g/mol. The Morgan fingerprint density at radius 1 is 1.28 bits per heavy atom. The van der Waals surface area contributed by atoms with Gasteiger partial charge in [-0.1, -0.05) is 28.9 Å². The van der Waals surface area contributed by atoms with Crippen LogP contribution in [0.15, 0.2) is 48.8 Å². The van der Waals surface area contributed by atoms with Gasteiger partial charge in [-0.2, -0.15) is 5.26 Å². The predicted molar refractivity (Wildman–Crippen MR) is 138 cm³/mol. The molecule has 0 spiro atoms. The average Bonchev–Trinajstić information content (AvgIpc) is 3.59. The highest BCUT2D eigenvalue weighted by molar-refractivity contribution is 6.35. The van der Waals surface area contributed by atoms with Crippen LogP contribution in [0.2, 0.25) is 5.02 Å². The zero-order valence-corrected chi connectivity index (χ0v) is 20.5. The van der Waals surface area contributed by atoms with Crippen LogP contribution >= 0.6 is 11.6 Å². The Labute approximate surface area is 214 Å². The summed E-state index contributed by atoms with van der Waals surface area (Å²) in [6.45, 7) is 2.14. The Bertz CT molecular complexity index is 1540. The smallest absolute Gasteiger partial charge is 0.123 e. The van der Waals surface area contributed by atoms with Crippen LogP contribution in [0.1, 0.15) is 69.3 Å². The van der Waals surface area contributed by atoms with E-state index in [4.69, 9.17) is 11.6 Å². The van der Waals surface area contributed by atoms with E-state index < -0.39 is 11.8 Å². The second kappa shape index (κ2) is 8.75. The molecule has 2 aliphatic rings. The number of hydrogen-bond acceptors (Lipinski definition) is 6. The molecule has 2 heterocycles. The molecule has 1 unspecified atom stereocenters. The van der Waals surface area contributed by atoms with E-state index in [-0.39, 0.29) is 5.54 Å². The van der Waals surface area contributed by atoms with Gasteiger partial charge in [-0.3, -0.25) is 4.98 Å². The normalized spacial score (nSPS) is 18.6. The Balaban J connectivity index is 1.47. The minimum absolute atomic E-state index is 0.107. The number of benzene rings is 2. The fourth-order valence-corrected chi connectivity index (χ4v) is 4.91. The maximum Gasteiger partial charge on any atom is 0.123 e. The standard InChI is InChI=1S/C27H25ClFN7/c1-27(9-2-10-27)33-24-17(13-30)14-31-26-21(24)11-19(12-22(26)28)32-25(16-3-5-18(29)6-4-16)23-15-36(35-34-23)20-7-8-20/h3-6,11-12,14-15,20,25,32H,2,7-10H2,1H3,(H,31,33)/i25D. The van der Waals surface area contributed by atoms with Crippen molar-refractivity contribution in [1.29, 1.82) is 5.26 Å². The first-order valence-electron chi connectivity index (χ1n) is 12.6. The largest absolute Gasteiger partial charge is 0.378 e. The molecule has 0 aliphatic heterocycles. The van der Waals surface area contributed by atoms with E-state index in [2.05, 4.69) is 38.9 Å². The first-order valence-corrected chi connectivity index (χ1v) is 12.4. The van der Waals surface area contributed by atoms with Crippen molar-refractivity contribution in [2.24, 2.45) is 0 Å². The number of aromatic nitrogens is 4. The first kappa shape index (κ1) is 21.6. The number of halogens is 2. The molecule has 182 valence electrons. The van der Waals surface area contributed by atoms with E-state index in [9.17, 15) is 11.0 Å². The van der Waals surface area contributed by atoms with E-state index in [0.717, 1.165) is 32.1 Å². The van der Waals surface area contributed by atoms with Gasteiger partial charge in [-0.05, 0) is 68.9 Å². The van der Waals surface area contributed by atoms with Crippen LogP contribution in [-0.4, -0.2) is 25.5 Å². The molecule has 4 aromatic rings. The van der Waals surface area contributed by atoms with Crippen molar-refractivity contribution in [3.05, 3.63) is 76.5 Å². The van der Waals surface area contributed by atoms with Crippen molar-refractivity contribution >= 4 is 33.9 Å². The molecule has 6 rings (SSSR count). The van der Waals surface area contributed by atoms with Crippen LogP contribution < -0.4 is 10.6 Å². The molecule has 2 aromatic carbocycles. The lowest BCUT2D eigenvalue weighted by Crippen LogP contribution is -2.41. The Kier molecular flexibility index (Phi) is 5.24. The Hall–Kier alpha value is -3.70. The van der Waals surface area contributed by atoms with Crippen molar-refractivity contribution in [1.82, 2.24) is 20.0 Å². The zero-order chi connectivity index (χ0) is 25.8. The van der Waals surface area contributed by atoms with Gasteiger partial charge >= 0.3 is 0 Å². The number of anilines is 2. The molecule has 9 heteroatoms. The van der Waals surface area contributed by atoms with Crippen molar-refractivity contribution in [3.8, 4) is 6.07 Å². The highest BCUT2D eigenvalue weighted by atomic mass is 35.5. The summed E-state index contributed by atoms with van der Waals surface area (Å²) in [5.74, 6) is -0.392. The van der Waals surface area contributed by atoms with Crippen molar-refractivity contribution in [2.45, 2.75) is 56.6 Å². The topological polar surface area (TPSA) is 91.5 Å². The van der Waals surface area contributed by atoms with Gasteiger partial charge in [0.05, 0.1) is 41.4 Å². The molecule has 0 radical (unpaired) electrons. The molecule has 2 saturated carbocycles. The molecule has 0 saturated heterocycles. The molecule has 1 atom stereocenters. The minimum atomic E-state index is -1.58. The molecule has 2 N–H and O–H groups in total. The fraction of sp³-hybridized carbons (Fsp3) is 0.333. The van der Waals surface area contributed by atoms with Gasteiger partial charge in [0.1, 0.15) is 17.6 Å². The number of nitrogens with one attached hydrogen (secondary N) is 2. The van der Waals surface area contributed by atoms with Crippen LogP contribution in [-0.2, 0) is 0 Å². The lowest BCUT2D eigenvalue weighted by molar-refractivity contribution is 0.307. The van der Waals surface area contributed by atoms with Gasteiger partial charge in [0.25, 0.3) is 0 Å². The summed E-state index contributed by atoms with van der Waals surface area (Å²) in [6, 6.07) is 10.3. The summed E-state index contributed by atoms with van der Waals surface area (Å²) in [5, 5.41) is 26.3.